The summed E-state index contributed by atoms with van der Waals surface area (Å²) < 4.78 is 39.7. The van der Waals surface area contributed by atoms with Gasteiger partial charge in [0, 0.05) is 44.8 Å². The second-order valence-corrected chi connectivity index (χ2v) is 6.29. The van der Waals surface area contributed by atoms with E-state index in [2.05, 4.69) is 15.3 Å². The zero-order valence-corrected chi connectivity index (χ0v) is 14.3. The van der Waals surface area contributed by atoms with Crippen LogP contribution in [0.5, 0.6) is 0 Å². The molecule has 1 amide bonds. The van der Waals surface area contributed by atoms with Crippen molar-refractivity contribution in [1.29, 1.82) is 0 Å². The largest absolute Gasteiger partial charge is 0.417 e. The predicted molar refractivity (Wildman–Crippen MR) is 89.5 cm³/mol. The molecule has 1 atom stereocenters. The van der Waals surface area contributed by atoms with E-state index in [1.165, 1.54) is 6.07 Å². The topological polar surface area (TPSA) is 63.1 Å². The molecule has 2 aromatic rings. The van der Waals surface area contributed by atoms with Gasteiger partial charge >= 0.3 is 6.18 Å². The molecule has 1 aliphatic rings. The maximum Gasteiger partial charge on any atom is 0.417 e. The molecule has 0 radical (unpaired) electrons. The Bertz CT molecular complexity index is 757. The number of aromatic nitrogens is 3. The van der Waals surface area contributed by atoms with Crippen LogP contribution < -0.4 is 10.2 Å². The Morgan fingerprint density at radius 2 is 2.15 bits per heavy atom. The zero-order chi connectivity index (χ0) is 18.7. The lowest BCUT2D eigenvalue weighted by Crippen LogP contribution is -2.34. The molecular weight excluding hydrogens is 347 g/mol. The number of nitrogens with zero attached hydrogens (tertiary/aromatic N) is 4. The standard InChI is InChI=1S/C17H20F3N5O/c1-12-21-5-8-24(12)9-6-22-16(26)13-4-7-25(11-13)15-3-2-14(10-23-15)17(18,19)20/h2-3,5,8,10,13H,4,6-7,9,11H2,1H3,(H,22,26)/t13-/m0/s1. The van der Waals surface area contributed by atoms with Gasteiger partial charge in [-0.1, -0.05) is 0 Å². The maximum absolute atomic E-state index is 12.6. The van der Waals surface area contributed by atoms with Crippen LogP contribution >= 0.6 is 0 Å². The third-order valence-electron chi connectivity index (χ3n) is 4.53. The molecule has 0 aliphatic carbocycles. The van der Waals surface area contributed by atoms with Crippen molar-refractivity contribution in [3.05, 3.63) is 42.1 Å². The SMILES string of the molecule is Cc1nccn1CCNC(=O)[C@H]1CCN(c2ccc(C(F)(F)F)cn2)C1. The van der Waals surface area contributed by atoms with Gasteiger partial charge in [0.05, 0.1) is 11.5 Å². The number of nitrogens with one attached hydrogen (secondary N) is 1. The molecule has 140 valence electrons. The van der Waals surface area contributed by atoms with Gasteiger partial charge in [0.15, 0.2) is 0 Å². The number of amides is 1. The van der Waals surface area contributed by atoms with Crippen molar-refractivity contribution in [3.63, 3.8) is 0 Å². The van der Waals surface area contributed by atoms with Crippen molar-refractivity contribution in [2.75, 3.05) is 24.5 Å². The van der Waals surface area contributed by atoms with Gasteiger partial charge in [-0.05, 0) is 25.5 Å². The molecule has 2 aromatic heterocycles. The van der Waals surface area contributed by atoms with Gasteiger partial charge in [-0.15, -0.1) is 0 Å². The van der Waals surface area contributed by atoms with E-state index in [1.807, 2.05) is 22.6 Å². The molecule has 0 spiro atoms. The maximum atomic E-state index is 12.6. The van der Waals surface area contributed by atoms with Gasteiger partial charge in [0.2, 0.25) is 5.91 Å². The van der Waals surface area contributed by atoms with Crippen molar-refractivity contribution in [1.82, 2.24) is 19.9 Å². The Kier molecular flexibility index (Phi) is 5.15. The van der Waals surface area contributed by atoms with Crippen molar-refractivity contribution >= 4 is 11.7 Å². The van der Waals surface area contributed by atoms with Gasteiger partial charge in [-0.3, -0.25) is 4.79 Å². The lowest BCUT2D eigenvalue weighted by Gasteiger charge is -2.18. The predicted octanol–water partition coefficient (Wildman–Crippen LogP) is 2.25. The molecule has 1 fully saturated rings. The molecule has 3 rings (SSSR count). The highest BCUT2D eigenvalue weighted by molar-refractivity contribution is 5.80. The first kappa shape index (κ1) is 18.2. The highest BCUT2D eigenvalue weighted by Gasteiger charge is 2.32. The van der Waals surface area contributed by atoms with Crippen LogP contribution in [0.25, 0.3) is 0 Å². The average Bonchev–Trinajstić information content (AvgIpc) is 3.24. The van der Waals surface area contributed by atoms with E-state index >= 15 is 0 Å². The van der Waals surface area contributed by atoms with E-state index in [9.17, 15) is 18.0 Å². The summed E-state index contributed by atoms with van der Waals surface area (Å²) in [4.78, 5) is 22.1. The van der Waals surface area contributed by atoms with Crippen LogP contribution in [0, 0.1) is 12.8 Å². The zero-order valence-electron chi connectivity index (χ0n) is 14.3. The lowest BCUT2D eigenvalue weighted by molar-refractivity contribution is -0.137. The van der Waals surface area contributed by atoms with Crippen molar-refractivity contribution in [3.8, 4) is 0 Å². The minimum Gasteiger partial charge on any atom is -0.356 e. The highest BCUT2D eigenvalue weighted by Crippen LogP contribution is 2.30. The fourth-order valence-corrected chi connectivity index (χ4v) is 3.01. The third kappa shape index (κ3) is 4.14. The summed E-state index contributed by atoms with van der Waals surface area (Å²) in [5.74, 6) is 1.11. The van der Waals surface area contributed by atoms with Crippen molar-refractivity contribution in [2.24, 2.45) is 5.92 Å². The summed E-state index contributed by atoms with van der Waals surface area (Å²) in [5.41, 5.74) is -0.774. The Balaban J connectivity index is 1.50. The first-order valence-corrected chi connectivity index (χ1v) is 8.38. The number of pyridine rings is 1. The monoisotopic (exact) mass is 367 g/mol. The number of rotatable bonds is 5. The Hall–Kier alpha value is -2.58. The molecule has 1 saturated heterocycles. The van der Waals surface area contributed by atoms with E-state index in [4.69, 9.17) is 0 Å². The fourth-order valence-electron chi connectivity index (χ4n) is 3.01. The Labute approximate surface area is 149 Å². The third-order valence-corrected chi connectivity index (χ3v) is 4.53. The van der Waals surface area contributed by atoms with E-state index in [-0.39, 0.29) is 11.8 Å². The van der Waals surface area contributed by atoms with Gasteiger partial charge in [0.1, 0.15) is 11.6 Å². The summed E-state index contributed by atoms with van der Waals surface area (Å²) in [7, 11) is 0. The number of hydrogen-bond donors (Lipinski definition) is 1. The minimum absolute atomic E-state index is 0.0443. The summed E-state index contributed by atoms with van der Waals surface area (Å²) in [5, 5.41) is 2.91. The number of carbonyl (C=O) groups excluding carboxylic acids is 1. The molecule has 0 saturated carbocycles. The normalized spacial score (nSPS) is 17.5. The molecule has 0 aromatic carbocycles. The van der Waals surface area contributed by atoms with E-state index < -0.39 is 11.7 Å². The van der Waals surface area contributed by atoms with Gasteiger partial charge in [-0.25, -0.2) is 9.97 Å². The Morgan fingerprint density at radius 3 is 2.77 bits per heavy atom. The number of alkyl halides is 3. The van der Waals surface area contributed by atoms with Crippen LogP contribution in [0.2, 0.25) is 0 Å². The number of aryl methyl sites for hydroxylation is 1. The van der Waals surface area contributed by atoms with E-state index in [0.29, 0.717) is 38.4 Å². The van der Waals surface area contributed by atoms with Gasteiger partial charge in [0.25, 0.3) is 0 Å². The fraction of sp³-hybridized carbons (Fsp3) is 0.471. The first-order valence-electron chi connectivity index (χ1n) is 8.38. The summed E-state index contributed by atoms with van der Waals surface area (Å²) in [6, 6.07) is 2.37. The van der Waals surface area contributed by atoms with Crippen LogP contribution in [0.15, 0.2) is 30.7 Å². The second kappa shape index (κ2) is 7.35. The number of carbonyl (C=O) groups is 1. The highest BCUT2D eigenvalue weighted by atomic mass is 19.4. The van der Waals surface area contributed by atoms with Gasteiger partial charge in [-0.2, -0.15) is 13.2 Å². The molecule has 6 nitrogen and oxygen atoms in total. The molecule has 9 heteroatoms. The number of hydrogen-bond acceptors (Lipinski definition) is 4. The summed E-state index contributed by atoms with van der Waals surface area (Å²) in [6.07, 6.45) is 0.652. The van der Waals surface area contributed by atoms with Gasteiger partial charge < -0.3 is 14.8 Å². The lowest BCUT2D eigenvalue weighted by atomic mass is 10.1. The van der Waals surface area contributed by atoms with Crippen LogP contribution in [0.3, 0.4) is 0 Å². The minimum atomic E-state index is -4.40. The second-order valence-electron chi connectivity index (χ2n) is 6.29. The van der Waals surface area contributed by atoms with Crippen molar-refractivity contribution in [2.45, 2.75) is 26.1 Å². The smallest absolute Gasteiger partial charge is 0.356 e. The molecular formula is C17H20F3N5O. The quantitative estimate of drug-likeness (QED) is 0.881. The molecule has 3 heterocycles. The number of halogens is 3. The molecule has 0 unspecified atom stereocenters. The number of imidazole rings is 1. The average molecular weight is 367 g/mol. The molecule has 26 heavy (non-hydrogen) atoms. The van der Waals surface area contributed by atoms with Crippen LogP contribution in [-0.2, 0) is 17.5 Å². The number of anilines is 1. The Morgan fingerprint density at radius 1 is 1.35 bits per heavy atom. The van der Waals surface area contributed by atoms with Crippen LogP contribution in [0.4, 0.5) is 19.0 Å². The van der Waals surface area contributed by atoms with Crippen LogP contribution in [-0.4, -0.2) is 40.1 Å². The van der Waals surface area contributed by atoms with Crippen molar-refractivity contribution < 1.29 is 18.0 Å². The summed E-state index contributed by atoms with van der Waals surface area (Å²) in [6.45, 7) is 4.10. The molecule has 0 bridgehead atoms. The van der Waals surface area contributed by atoms with E-state index in [0.717, 1.165) is 18.1 Å². The molecule has 1 N–H and O–H groups in total. The first-order chi connectivity index (χ1) is 12.3. The summed E-state index contributed by atoms with van der Waals surface area (Å²) >= 11 is 0. The molecule has 1 aliphatic heterocycles. The van der Waals surface area contributed by atoms with Crippen LogP contribution in [0.1, 0.15) is 17.8 Å². The van der Waals surface area contributed by atoms with E-state index in [1.54, 1.807) is 6.20 Å².